The smallest absolute Gasteiger partial charge is 0.266 e. The minimum atomic E-state index is -1.02. The standard InChI is InChI=1S/C16H8F4N2O/c17-11-2-1-9(13(19)6-11)5-10(8-21)16(23)22-15-4-3-12(18)7-14(15)20/h1-7H,(H,22,23)/b10-5+. The highest BCUT2D eigenvalue weighted by atomic mass is 19.1. The van der Waals surface area contributed by atoms with Gasteiger partial charge in [0.15, 0.2) is 0 Å². The van der Waals surface area contributed by atoms with Crippen LogP contribution in [0.25, 0.3) is 6.08 Å². The molecule has 0 unspecified atom stereocenters. The van der Waals surface area contributed by atoms with E-state index < -0.39 is 34.7 Å². The van der Waals surface area contributed by atoms with E-state index in [1.807, 2.05) is 0 Å². The molecule has 0 aliphatic carbocycles. The van der Waals surface area contributed by atoms with Gasteiger partial charge in [0, 0.05) is 17.7 Å². The maximum atomic E-state index is 13.5. The molecule has 1 amide bonds. The summed E-state index contributed by atoms with van der Waals surface area (Å²) in [5, 5.41) is 11.0. The first-order valence-corrected chi connectivity index (χ1v) is 6.24. The average molecular weight is 320 g/mol. The molecular weight excluding hydrogens is 312 g/mol. The zero-order valence-corrected chi connectivity index (χ0v) is 11.4. The zero-order chi connectivity index (χ0) is 17.0. The summed E-state index contributed by atoms with van der Waals surface area (Å²) in [6.07, 6.45) is 0.894. The first-order chi connectivity index (χ1) is 10.9. The molecule has 0 atom stereocenters. The van der Waals surface area contributed by atoms with Crippen LogP contribution in [-0.4, -0.2) is 5.91 Å². The Labute approximate surface area is 128 Å². The Hall–Kier alpha value is -3.14. The van der Waals surface area contributed by atoms with Gasteiger partial charge in [-0.2, -0.15) is 5.26 Å². The maximum Gasteiger partial charge on any atom is 0.266 e. The molecule has 0 aromatic heterocycles. The van der Waals surface area contributed by atoms with Crippen LogP contribution in [0.2, 0.25) is 0 Å². The van der Waals surface area contributed by atoms with Crippen molar-refractivity contribution in [2.75, 3.05) is 5.32 Å². The fourth-order valence-electron chi connectivity index (χ4n) is 1.70. The molecule has 0 heterocycles. The van der Waals surface area contributed by atoms with E-state index in [1.165, 1.54) is 6.07 Å². The number of carbonyl (C=O) groups is 1. The topological polar surface area (TPSA) is 52.9 Å². The summed E-state index contributed by atoms with van der Waals surface area (Å²) < 4.78 is 52.6. The van der Waals surface area contributed by atoms with Crippen LogP contribution in [0.3, 0.4) is 0 Å². The van der Waals surface area contributed by atoms with Crippen LogP contribution in [0.4, 0.5) is 23.2 Å². The first-order valence-electron chi connectivity index (χ1n) is 6.24. The molecule has 0 bridgehead atoms. The SMILES string of the molecule is N#C/C(=C\c1ccc(F)cc1F)C(=O)Nc1ccc(F)cc1F. The lowest BCUT2D eigenvalue weighted by Crippen LogP contribution is -2.14. The number of carbonyl (C=O) groups excluding carboxylic acids is 1. The van der Waals surface area contributed by atoms with Gasteiger partial charge in [-0.05, 0) is 30.3 Å². The largest absolute Gasteiger partial charge is 0.319 e. The number of amides is 1. The van der Waals surface area contributed by atoms with Gasteiger partial charge in [-0.1, -0.05) is 0 Å². The van der Waals surface area contributed by atoms with Gasteiger partial charge in [-0.3, -0.25) is 4.79 Å². The summed E-state index contributed by atoms with van der Waals surface area (Å²) in [6, 6.07) is 6.61. The molecule has 1 N–H and O–H groups in total. The number of nitrogens with one attached hydrogen (secondary N) is 1. The number of hydrogen-bond donors (Lipinski definition) is 1. The molecule has 0 aliphatic heterocycles. The Morgan fingerprint density at radius 3 is 2.17 bits per heavy atom. The Morgan fingerprint density at radius 1 is 1.00 bits per heavy atom. The third-order valence-corrected chi connectivity index (χ3v) is 2.81. The van der Waals surface area contributed by atoms with Crippen molar-refractivity contribution in [3.05, 3.63) is 70.8 Å². The Kier molecular flexibility index (Phi) is 4.76. The third-order valence-electron chi connectivity index (χ3n) is 2.81. The summed E-state index contributed by atoms with van der Waals surface area (Å²) in [5.74, 6) is -4.63. The second-order valence-corrected chi connectivity index (χ2v) is 4.41. The van der Waals surface area contributed by atoms with Crippen molar-refractivity contribution in [3.63, 3.8) is 0 Å². The normalized spacial score (nSPS) is 11.0. The monoisotopic (exact) mass is 320 g/mol. The van der Waals surface area contributed by atoms with Crippen LogP contribution < -0.4 is 5.32 Å². The summed E-state index contributed by atoms with van der Waals surface area (Å²) in [4.78, 5) is 11.9. The summed E-state index contributed by atoms with van der Waals surface area (Å²) in [6.45, 7) is 0. The van der Waals surface area contributed by atoms with Crippen molar-refractivity contribution >= 4 is 17.7 Å². The van der Waals surface area contributed by atoms with Gasteiger partial charge in [-0.25, -0.2) is 17.6 Å². The van der Waals surface area contributed by atoms with Gasteiger partial charge < -0.3 is 5.32 Å². The Morgan fingerprint density at radius 2 is 1.61 bits per heavy atom. The Balaban J connectivity index is 2.28. The number of halogens is 4. The highest BCUT2D eigenvalue weighted by Gasteiger charge is 2.13. The second-order valence-electron chi connectivity index (χ2n) is 4.41. The summed E-state index contributed by atoms with van der Waals surface area (Å²) in [7, 11) is 0. The number of hydrogen-bond acceptors (Lipinski definition) is 2. The highest BCUT2D eigenvalue weighted by Crippen LogP contribution is 2.17. The van der Waals surface area contributed by atoms with Crippen molar-refractivity contribution in [1.82, 2.24) is 0 Å². The van der Waals surface area contributed by atoms with Crippen molar-refractivity contribution in [1.29, 1.82) is 5.26 Å². The van der Waals surface area contributed by atoms with Crippen molar-refractivity contribution in [3.8, 4) is 6.07 Å². The Bertz CT molecular complexity index is 840. The quantitative estimate of drug-likeness (QED) is 0.531. The predicted molar refractivity (Wildman–Crippen MR) is 74.9 cm³/mol. The van der Waals surface area contributed by atoms with Crippen LogP contribution in [0.1, 0.15) is 5.56 Å². The van der Waals surface area contributed by atoms with Gasteiger partial charge in [0.05, 0.1) is 5.69 Å². The lowest BCUT2D eigenvalue weighted by atomic mass is 10.1. The minimum Gasteiger partial charge on any atom is -0.319 e. The molecule has 2 aromatic carbocycles. The number of benzene rings is 2. The predicted octanol–water partition coefficient (Wildman–Crippen LogP) is 3.79. The molecular formula is C16H8F4N2O. The van der Waals surface area contributed by atoms with Crippen LogP contribution in [-0.2, 0) is 4.79 Å². The summed E-state index contributed by atoms with van der Waals surface area (Å²) in [5.41, 5.74) is -1.05. The first kappa shape index (κ1) is 16.2. The molecule has 0 aliphatic rings. The lowest BCUT2D eigenvalue weighted by Gasteiger charge is -2.06. The van der Waals surface area contributed by atoms with Crippen LogP contribution >= 0.6 is 0 Å². The minimum absolute atomic E-state index is 0.183. The fraction of sp³-hybridized carbons (Fsp3) is 0. The zero-order valence-electron chi connectivity index (χ0n) is 11.4. The van der Waals surface area contributed by atoms with E-state index in [9.17, 15) is 22.4 Å². The maximum absolute atomic E-state index is 13.5. The van der Waals surface area contributed by atoms with Gasteiger partial charge in [0.25, 0.3) is 5.91 Å². The van der Waals surface area contributed by atoms with Crippen molar-refractivity contribution in [2.45, 2.75) is 0 Å². The molecule has 7 heteroatoms. The molecule has 0 spiro atoms. The van der Waals surface area contributed by atoms with E-state index >= 15 is 0 Å². The van der Waals surface area contributed by atoms with E-state index in [1.54, 1.807) is 0 Å². The van der Waals surface area contributed by atoms with Gasteiger partial charge in [0.1, 0.15) is 34.9 Å². The third kappa shape index (κ3) is 3.95. The van der Waals surface area contributed by atoms with Crippen LogP contribution in [0.15, 0.2) is 42.0 Å². The molecule has 0 radical (unpaired) electrons. The molecule has 0 saturated heterocycles. The van der Waals surface area contributed by atoms with E-state index in [0.29, 0.717) is 12.1 Å². The number of nitrogens with zero attached hydrogens (tertiary/aromatic N) is 1. The number of anilines is 1. The molecule has 116 valence electrons. The number of nitriles is 1. The molecule has 0 fully saturated rings. The van der Waals surface area contributed by atoms with Gasteiger partial charge in [-0.15, -0.1) is 0 Å². The second kappa shape index (κ2) is 6.75. The fourth-order valence-corrected chi connectivity index (χ4v) is 1.70. The van der Waals surface area contributed by atoms with Gasteiger partial charge >= 0.3 is 0 Å². The average Bonchev–Trinajstić information content (AvgIpc) is 2.49. The van der Waals surface area contributed by atoms with E-state index in [2.05, 4.69) is 5.32 Å². The molecule has 0 saturated carbocycles. The molecule has 3 nitrogen and oxygen atoms in total. The van der Waals surface area contributed by atoms with Gasteiger partial charge in [0.2, 0.25) is 0 Å². The van der Waals surface area contributed by atoms with Crippen molar-refractivity contribution < 1.29 is 22.4 Å². The van der Waals surface area contributed by atoms with E-state index in [0.717, 1.165) is 30.3 Å². The molecule has 2 aromatic rings. The van der Waals surface area contributed by atoms with E-state index in [-0.39, 0.29) is 11.3 Å². The van der Waals surface area contributed by atoms with Crippen LogP contribution in [0.5, 0.6) is 0 Å². The summed E-state index contributed by atoms with van der Waals surface area (Å²) >= 11 is 0. The molecule has 23 heavy (non-hydrogen) atoms. The molecule has 2 rings (SSSR count). The number of rotatable bonds is 3. The van der Waals surface area contributed by atoms with Crippen molar-refractivity contribution in [2.24, 2.45) is 0 Å². The van der Waals surface area contributed by atoms with E-state index in [4.69, 9.17) is 5.26 Å². The van der Waals surface area contributed by atoms with Crippen LogP contribution in [0, 0.1) is 34.6 Å². The highest BCUT2D eigenvalue weighted by molar-refractivity contribution is 6.09. The lowest BCUT2D eigenvalue weighted by molar-refractivity contribution is -0.112.